The Morgan fingerprint density at radius 2 is 1.65 bits per heavy atom. The molecule has 0 atom stereocenters. The Bertz CT molecular complexity index is 1860. The Morgan fingerprint density at radius 3 is 2.35 bits per heavy atom. The first-order valence-corrected chi connectivity index (χ1v) is 15.9. The fraction of sp³-hybridized carbons (Fsp3) is 0.281. The standard InChI is InChI=1S/C32H34N8O2S/c33-29-26(6-2-15-35-29)30-37-28-12-11-27(22-4-1-5-25(20-22)39-18-16-38(17-19-39)21-43(41)42)36-31(28)40(30)24-9-7-23(8-10-24)32(34)13-3-14-32/h1-2,4-12,15,20,43H,3,13-14,16-19,21,34H2,(H2,33,35). The average molecular weight is 595 g/mol. The number of thiol groups is 1. The first kappa shape index (κ1) is 27.5. The summed E-state index contributed by atoms with van der Waals surface area (Å²) in [6, 6.07) is 24.5. The summed E-state index contributed by atoms with van der Waals surface area (Å²) in [5.74, 6) is 1.19. The van der Waals surface area contributed by atoms with Crippen LogP contribution in [0.5, 0.6) is 0 Å². The molecule has 0 amide bonds. The minimum absolute atomic E-state index is 0.114. The zero-order valence-corrected chi connectivity index (χ0v) is 24.7. The number of pyridine rings is 2. The molecule has 3 aromatic heterocycles. The Morgan fingerprint density at radius 1 is 0.860 bits per heavy atom. The molecule has 0 unspecified atom stereocenters. The van der Waals surface area contributed by atoms with E-state index in [-0.39, 0.29) is 11.4 Å². The van der Waals surface area contributed by atoms with E-state index in [1.807, 2.05) is 39.8 Å². The quantitative estimate of drug-likeness (QED) is 0.241. The van der Waals surface area contributed by atoms with Crippen molar-refractivity contribution in [3.05, 3.63) is 84.6 Å². The molecule has 0 bridgehead atoms. The van der Waals surface area contributed by atoms with Gasteiger partial charge < -0.3 is 16.4 Å². The summed E-state index contributed by atoms with van der Waals surface area (Å²) >= 11 is 0. The molecular formula is C32H34N8O2S. The Kier molecular flexibility index (Phi) is 7.08. The molecule has 7 rings (SSSR count). The SMILES string of the molecule is Nc1ncccc1-c1nc2ccc(-c3cccc(N4CCN(C[SH](=O)=O)CC4)c3)nc2n1-c1ccc(C2(N)CCC2)cc1. The summed E-state index contributed by atoms with van der Waals surface area (Å²) in [7, 11) is -2.41. The third-order valence-corrected chi connectivity index (χ3v) is 9.36. The lowest BCUT2D eigenvalue weighted by Gasteiger charge is -2.38. The van der Waals surface area contributed by atoms with Crippen LogP contribution in [-0.4, -0.2) is 64.9 Å². The molecule has 1 aliphatic carbocycles. The van der Waals surface area contributed by atoms with Crippen LogP contribution in [0, 0.1) is 0 Å². The van der Waals surface area contributed by atoms with Crippen LogP contribution < -0.4 is 16.4 Å². The van der Waals surface area contributed by atoms with Gasteiger partial charge in [-0.15, -0.1) is 0 Å². The van der Waals surface area contributed by atoms with E-state index in [4.69, 9.17) is 21.4 Å². The van der Waals surface area contributed by atoms with Gasteiger partial charge in [-0.2, -0.15) is 0 Å². The van der Waals surface area contributed by atoms with Crippen molar-refractivity contribution in [1.82, 2.24) is 24.4 Å². The molecule has 2 fully saturated rings. The molecule has 2 aromatic carbocycles. The number of aromatic nitrogens is 4. The number of rotatable bonds is 7. The van der Waals surface area contributed by atoms with Gasteiger partial charge in [0, 0.05) is 54.9 Å². The van der Waals surface area contributed by atoms with Crippen molar-refractivity contribution in [3.63, 3.8) is 0 Å². The van der Waals surface area contributed by atoms with Crippen LogP contribution in [0.15, 0.2) is 79.0 Å². The molecule has 220 valence electrons. The number of benzene rings is 2. The molecule has 10 nitrogen and oxygen atoms in total. The van der Waals surface area contributed by atoms with E-state index in [2.05, 4.69) is 52.3 Å². The maximum Gasteiger partial charge on any atom is 0.165 e. The number of nitrogens with zero attached hydrogens (tertiary/aromatic N) is 6. The normalized spacial score (nSPS) is 16.9. The van der Waals surface area contributed by atoms with E-state index in [0.717, 1.165) is 77.3 Å². The maximum atomic E-state index is 11.2. The van der Waals surface area contributed by atoms with E-state index in [0.29, 0.717) is 24.7 Å². The van der Waals surface area contributed by atoms with Crippen LogP contribution >= 0.6 is 0 Å². The third-order valence-electron chi connectivity index (χ3n) is 8.72. The van der Waals surface area contributed by atoms with Crippen molar-refractivity contribution >= 4 is 33.4 Å². The second-order valence-electron chi connectivity index (χ2n) is 11.4. The predicted octanol–water partition coefficient (Wildman–Crippen LogP) is 3.76. The lowest BCUT2D eigenvalue weighted by Crippen LogP contribution is -2.46. The molecule has 1 saturated heterocycles. The summed E-state index contributed by atoms with van der Waals surface area (Å²) in [6.07, 6.45) is 4.83. The first-order valence-electron chi connectivity index (χ1n) is 14.6. The number of imidazole rings is 1. The van der Waals surface area contributed by atoms with E-state index in [1.54, 1.807) is 6.20 Å². The van der Waals surface area contributed by atoms with Crippen LogP contribution in [0.2, 0.25) is 0 Å². The largest absolute Gasteiger partial charge is 0.383 e. The van der Waals surface area contributed by atoms with Crippen molar-refractivity contribution in [2.24, 2.45) is 5.73 Å². The zero-order valence-electron chi connectivity index (χ0n) is 23.8. The highest BCUT2D eigenvalue weighted by atomic mass is 32.2. The van der Waals surface area contributed by atoms with Gasteiger partial charge in [-0.25, -0.2) is 23.4 Å². The zero-order chi connectivity index (χ0) is 29.6. The number of piperazine rings is 1. The van der Waals surface area contributed by atoms with Gasteiger partial charge in [0.2, 0.25) is 0 Å². The number of nitrogens with two attached hydrogens (primary N) is 2. The number of hydrogen-bond donors (Lipinski definition) is 3. The minimum atomic E-state index is -2.41. The van der Waals surface area contributed by atoms with Crippen molar-refractivity contribution in [2.75, 3.05) is 42.7 Å². The molecule has 0 radical (unpaired) electrons. The Labute approximate surface area is 251 Å². The first-order chi connectivity index (χ1) is 20.9. The molecule has 0 spiro atoms. The van der Waals surface area contributed by atoms with Gasteiger partial charge in [0.1, 0.15) is 11.3 Å². The molecule has 43 heavy (non-hydrogen) atoms. The molecule has 1 saturated carbocycles. The molecular weight excluding hydrogens is 560 g/mol. The number of nitrogen functional groups attached to an aromatic ring is 1. The van der Waals surface area contributed by atoms with Crippen molar-refractivity contribution < 1.29 is 8.42 Å². The molecule has 4 N–H and O–H groups in total. The van der Waals surface area contributed by atoms with Crippen LogP contribution in [0.4, 0.5) is 11.5 Å². The predicted molar refractivity (Wildman–Crippen MR) is 171 cm³/mol. The summed E-state index contributed by atoms with van der Waals surface area (Å²) in [4.78, 5) is 18.7. The van der Waals surface area contributed by atoms with Crippen LogP contribution in [0.1, 0.15) is 24.8 Å². The van der Waals surface area contributed by atoms with E-state index >= 15 is 0 Å². The Balaban J connectivity index is 1.28. The van der Waals surface area contributed by atoms with E-state index in [9.17, 15) is 8.42 Å². The summed E-state index contributed by atoms with van der Waals surface area (Å²) in [6.45, 7) is 2.95. The number of fused-ring (bicyclic) bond motifs is 1. The van der Waals surface area contributed by atoms with Gasteiger partial charge >= 0.3 is 0 Å². The van der Waals surface area contributed by atoms with Crippen molar-refractivity contribution in [2.45, 2.75) is 24.8 Å². The minimum Gasteiger partial charge on any atom is -0.383 e. The second kappa shape index (κ2) is 11.1. The van der Waals surface area contributed by atoms with Gasteiger partial charge in [-0.1, -0.05) is 24.3 Å². The van der Waals surface area contributed by atoms with E-state index in [1.165, 1.54) is 0 Å². The topological polar surface area (TPSA) is 136 Å². The lowest BCUT2D eigenvalue weighted by atomic mass is 9.73. The monoisotopic (exact) mass is 594 g/mol. The summed E-state index contributed by atoms with van der Waals surface area (Å²) < 4.78 is 24.3. The molecule has 11 heteroatoms. The molecule has 2 aliphatic rings. The van der Waals surface area contributed by atoms with Crippen molar-refractivity contribution in [3.8, 4) is 28.3 Å². The van der Waals surface area contributed by atoms with Gasteiger partial charge in [0.15, 0.2) is 22.2 Å². The van der Waals surface area contributed by atoms with Gasteiger partial charge in [-0.3, -0.25) is 9.47 Å². The second-order valence-corrected chi connectivity index (χ2v) is 12.4. The summed E-state index contributed by atoms with van der Waals surface area (Å²) in [5, 5.41) is 0. The highest BCUT2D eigenvalue weighted by molar-refractivity contribution is 7.72. The van der Waals surface area contributed by atoms with E-state index < -0.39 is 10.7 Å². The van der Waals surface area contributed by atoms with Gasteiger partial charge in [0.25, 0.3) is 0 Å². The highest BCUT2D eigenvalue weighted by Gasteiger charge is 2.34. The molecule has 4 heterocycles. The van der Waals surface area contributed by atoms with Gasteiger partial charge in [0.05, 0.1) is 17.1 Å². The fourth-order valence-electron chi connectivity index (χ4n) is 6.11. The van der Waals surface area contributed by atoms with Crippen LogP contribution in [0.3, 0.4) is 0 Å². The molecule has 1 aliphatic heterocycles. The average Bonchev–Trinajstić information content (AvgIpc) is 3.39. The number of hydrogen-bond acceptors (Lipinski definition) is 9. The number of anilines is 2. The van der Waals surface area contributed by atoms with Crippen LogP contribution in [-0.2, 0) is 16.2 Å². The smallest absolute Gasteiger partial charge is 0.165 e. The van der Waals surface area contributed by atoms with Gasteiger partial charge in [-0.05, 0) is 73.4 Å². The van der Waals surface area contributed by atoms with Crippen LogP contribution in [0.25, 0.3) is 39.5 Å². The maximum absolute atomic E-state index is 11.2. The lowest BCUT2D eigenvalue weighted by molar-refractivity contribution is 0.253. The fourth-order valence-corrected chi connectivity index (χ4v) is 6.72. The molecule has 5 aromatic rings. The summed E-state index contributed by atoms with van der Waals surface area (Å²) in [5.41, 5.74) is 19.9. The Hall–Kier alpha value is -4.32. The van der Waals surface area contributed by atoms with Crippen molar-refractivity contribution in [1.29, 1.82) is 0 Å². The highest BCUT2D eigenvalue weighted by Crippen LogP contribution is 2.39. The third kappa shape index (κ3) is 5.24.